The van der Waals surface area contributed by atoms with Crippen LogP contribution < -0.4 is 10.6 Å². The molecule has 7 heteroatoms. The standard InChI is InChI=1S/C17H20ClN3O2S/c1-11-2-3-12(7-15(11)18)6-14-9-20-17(24-14)21-16(22)8-13-10-23-5-4-19-13/h2-3,7,9,13,19H,4-6,8,10H2,1H3,(H,20,21,22). The van der Waals surface area contributed by atoms with Gasteiger partial charge in [-0.15, -0.1) is 11.3 Å². The number of hydrogen-bond acceptors (Lipinski definition) is 5. The van der Waals surface area contributed by atoms with Crippen molar-refractivity contribution in [1.82, 2.24) is 10.3 Å². The van der Waals surface area contributed by atoms with Crippen molar-refractivity contribution in [2.24, 2.45) is 0 Å². The molecule has 1 saturated heterocycles. The highest BCUT2D eigenvalue weighted by molar-refractivity contribution is 7.15. The van der Waals surface area contributed by atoms with Crippen LogP contribution in [0.15, 0.2) is 24.4 Å². The molecule has 2 N–H and O–H groups in total. The molecule has 1 unspecified atom stereocenters. The van der Waals surface area contributed by atoms with Crippen LogP contribution in [0.3, 0.4) is 0 Å². The summed E-state index contributed by atoms with van der Waals surface area (Å²) >= 11 is 7.65. The molecule has 1 atom stereocenters. The predicted octanol–water partition coefficient (Wildman–Crippen LogP) is 3.01. The average Bonchev–Trinajstić information content (AvgIpc) is 2.98. The first-order valence-corrected chi connectivity index (χ1v) is 9.10. The summed E-state index contributed by atoms with van der Waals surface area (Å²) in [5.41, 5.74) is 2.20. The largest absolute Gasteiger partial charge is 0.378 e. The monoisotopic (exact) mass is 365 g/mol. The van der Waals surface area contributed by atoms with Gasteiger partial charge in [0.25, 0.3) is 0 Å². The number of carbonyl (C=O) groups is 1. The van der Waals surface area contributed by atoms with Gasteiger partial charge < -0.3 is 15.4 Å². The average molecular weight is 366 g/mol. The Morgan fingerprint density at radius 3 is 3.17 bits per heavy atom. The number of halogens is 1. The molecule has 0 radical (unpaired) electrons. The third-order valence-corrected chi connectivity index (χ3v) is 5.16. The molecule has 5 nitrogen and oxygen atoms in total. The summed E-state index contributed by atoms with van der Waals surface area (Å²) in [6.45, 7) is 4.05. The maximum atomic E-state index is 12.1. The molecule has 0 saturated carbocycles. The molecule has 2 heterocycles. The lowest BCUT2D eigenvalue weighted by atomic mass is 10.1. The van der Waals surface area contributed by atoms with Crippen molar-refractivity contribution in [2.45, 2.75) is 25.8 Å². The Labute approximate surface area is 150 Å². The van der Waals surface area contributed by atoms with Crippen molar-refractivity contribution in [3.05, 3.63) is 45.4 Å². The van der Waals surface area contributed by atoms with Crippen LogP contribution in [0.4, 0.5) is 5.13 Å². The number of anilines is 1. The number of benzene rings is 1. The van der Waals surface area contributed by atoms with E-state index in [2.05, 4.69) is 21.7 Å². The Morgan fingerprint density at radius 2 is 2.42 bits per heavy atom. The van der Waals surface area contributed by atoms with E-state index in [0.29, 0.717) is 24.8 Å². The Bertz CT molecular complexity index is 714. The number of ether oxygens (including phenoxy) is 1. The SMILES string of the molecule is Cc1ccc(Cc2cnc(NC(=O)CC3COCCN3)s2)cc1Cl. The van der Waals surface area contributed by atoms with Crippen LogP contribution in [0.25, 0.3) is 0 Å². The van der Waals surface area contributed by atoms with Gasteiger partial charge in [-0.25, -0.2) is 4.98 Å². The molecule has 0 aliphatic carbocycles. The maximum absolute atomic E-state index is 12.1. The van der Waals surface area contributed by atoms with Crippen LogP contribution in [0, 0.1) is 6.92 Å². The highest BCUT2D eigenvalue weighted by Gasteiger charge is 2.17. The molecule has 24 heavy (non-hydrogen) atoms. The highest BCUT2D eigenvalue weighted by Crippen LogP contribution is 2.24. The van der Waals surface area contributed by atoms with E-state index < -0.39 is 0 Å². The molecular formula is C17H20ClN3O2S. The minimum absolute atomic E-state index is 0.0442. The van der Waals surface area contributed by atoms with E-state index in [1.807, 2.05) is 19.1 Å². The first-order valence-electron chi connectivity index (χ1n) is 7.91. The van der Waals surface area contributed by atoms with Crippen LogP contribution in [-0.2, 0) is 16.0 Å². The maximum Gasteiger partial charge on any atom is 0.227 e. The Balaban J connectivity index is 1.54. The number of hydrogen-bond donors (Lipinski definition) is 2. The first-order chi connectivity index (χ1) is 11.6. The summed E-state index contributed by atoms with van der Waals surface area (Å²) in [4.78, 5) is 17.4. The van der Waals surface area contributed by atoms with E-state index >= 15 is 0 Å². The number of amides is 1. The Kier molecular flexibility index (Phi) is 5.84. The third kappa shape index (κ3) is 4.77. The molecular weight excluding hydrogens is 346 g/mol. The molecule has 1 aliphatic rings. The lowest BCUT2D eigenvalue weighted by molar-refractivity contribution is -0.117. The first kappa shape index (κ1) is 17.4. The fourth-order valence-corrected chi connectivity index (χ4v) is 3.61. The minimum atomic E-state index is -0.0442. The quantitative estimate of drug-likeness (QED) is 0.855. The van der Waals surface area contributed by atoms with Gasteiger partial charge in [0.15, 0.2) is 5.13 Å². The van der Waals surface area contributed by atoms with Gasteiger partial charge in [-0.3, -0.25) is 4.79 Å². The van der Waals surface area contributed by atoms with E-state index in [-0.39, 0.29) is 11.9 Å². The van der Waals surface area contributed by atoms with Crippen LogP contribution in [0.1, 0.15) is 22.4 Å². The van der Waals surface area contributed by atoms with Gasteiger partial charge in [0.05, 0.1) is 13.2 Å². The number of aryl methyl sites for hydroxylation is 1. The fraction of sp³-hybridized carbons (Fsp3) is 0.412. The fourth-order valence-electron chi connectivity index (χ4n) is 2.54. The molecule has 3 rings (SSSR count). The topological polar surface area (TPSA) is 63.2 Å². The van der Waals surface area contributed by atoms with Crippen molar-refractivity contribution in [3.63, 3.8) is 0 Å². The van der Waals surface area contributed by atoms with Gasteiger partial charge in [-0.2, -0.15) is 0 Å². The second-order valence-corrected chi connectivity index (χ2v) is 7.39. The second-order valence-electron chi connectivity index (χ2n) is 5.87. The lowest BCUT2D eigenvalue weighted by Gasteiger charge is -2.22. The predicted molar refractivity (Wildman–Crippen MR) is 97.0 cm³/mol. The van der Waals surface area contributed by atoms with Crippen LogP contribution in [-0.4, -0.2) is 36.7 Å². The minimum Gasteiger partial charge on any atom is -0.378 e. The van der Waals surface area contributed by atoms with Gasteiger partial charge in [0.1, 0.15) is 0 Å². The number of carbonyl (C=O) groups excluding carboxylic acids is 1. The number of rotatable bonds is 5. The molecule has 2 aromatic rings. The van der Waals surface area contributed by atoms with Crippen molar-refractivity contribution < 1.29 is 9.53 Å². The van der Waals surface area contributed by atoms with Crippen LogP contribution in [0.5, 0.6) is 0 Å². The molecule has 1 aromatic heterocycles. The number of morpholine rings is 1. The summed E-state index contributed by atoms with van der Waals surface area (Å²) in [6, 6.07) is 6.13. The number of aromatic nitrogens is 1. The zero-order valence-corrected chi connectivity index (χ0v) is 15.0. The van der Waals surface area contributed by atoms with Crippen molar-refractivity contribution in [3.8, 4) is 0 Å². The molecule has 1 amide bonds. The molecule has 128 valence electrons. The molecule has 1 aromatic carbocycles. The van der Waals surface area contributed by atoms with E-state index in [9.17, 15) is 4.79 Å². The normalized spacial score (nSPS) is 17.7. The number of thiazole rings is 1. The van der Waals surface area contributed by atoms with Gasteiger partial charge in [-0.05, 0) is 24.1 Å². The van der Waals surface area contributed by atoms with Gasteiger partial charge >= 0.3 is 0 Å². The third-order valence-electron chi connectivity index (χ3n) is 3.84. The smallest absolute Gasteiger partial charge is 0.227 e. The van der Waals surface area contributed by atoms with E-state index in [1.165, 1.54) is 11.3 Å². The van der Waals surface area contributed by atoms with Crippen LogP contribution >= 0.6 is 22.9 Å². The van der Waals surface area contributed by atoms with Crippen molar-refractivity contribution >= 4 is 34.0 Å². The summed E-state index contributed by atoms with van der Waals surface area (Å²) < 4.78 is 5.36. The highest BCUT2D eigenvalue weighted by atomic mass is 35.5. The number of nitrogens with zero attached hydrogens (tertiary/aromatic N) is 1. The molecule has 1 fully saturated rings. The van der Waals surface area contributed by atoms with E-state index in [0.717, 1.165) is 34.0 Å². The molecule has 0 bridgehead atoms. The summed E-state index contributed by atoms with van der Waals surface area (Å²) in [6.07, 6.45) is 2.95. The van der Waals surface area contributed by atoms with E-state index in [1.54, 1.807) is 6.20 Å². The van der Waals surface area contributed by atoms with Crippen molar-refractivity contribution in [1.29, 1.82) is 0 Å². The van der Waals surface area contributed by atoms with E-state index in [4.69, 9.17) is 16.3 Å². The second kappa shape index (κ2) is 8.07. The molecule has 0 spiro atoms. The Hall–Kier alpha value is -1.47. The Morgan fingerprint density at radius 1 is 1.54 bits per heavy atom. The lowest BCUT2D eigenvalue weighted by Crippen LogP contribution is -2.43. The summed E-state index contributed by atoms with van der Waals surface area (Å²) in [7, 11) is 0. The van der Waals surface area contributed by atoms with Gasteiger partial charge in [0, 0.05) is 41.5 Å². The van der Waals surface area contributed by atoms with Crippen molar-refractivity contribution in [2.75, 3.05) is 25.1 Å². The van der Waals surface area contributed by atoms with Gasteiger partial charge in [-0.1, -0.05) is 23.7 Å². The van der Waals surface area contributed by atoms with Crippen LogP contribution in [0.2, 0.25) is 5.02 Å². The summed E-state index contributed by atoms with van der Waals surface area (Å²) in [5.74, 6) is -0.0442. The van der Waals surface area contributed by atoms with Gasteiger partial charge in [0.2, 0.25) is 5.91 Å². The molecule has 1 aliphatic heterocycles. The zero-order chi connectivity index (χ0) is 16.9. The summed E-state index contributed by atoms with van der Waals surface area (Å²) in [5, 5.41) is 7.53. The number of nitrogens with one attached hydrogen (secondary N) is 2. The zero-order valence-electron chi connectivity index (χ0n) is 13.5.